The molecule has 1 aliphatic rings. The van der Waals surface area contributed by atoms with Gasteiger partial charge in [0.25, 0.3) is 0 Å². The summed E-state index contributed by atoms with van der Waals surface area (Å²) in [5.74, 6) is 1.22. The van der Waals surface area contributed by atoms with Gasteiger partial charge in [-0.25, -0.2) is 4.98 Å². The second kappa shape index (κ2) is 5.57. The maximum absolute atomic E-state index is 9.63. The van der Waals surface area contributed by atoms with Crippen molar-refractivity contribution in [2.24, 2.45) is 11.7 Å². The van der Waals surface area contributed by atoms with Gasteiger partial charge >= 0.3 is 0 Å². The van der Waals surface area contributed by atoms with Crippen molar-refractivity contribution in [3.8, 4) is 0 Å². The van der Waals surface area contributed by atoms with Gasteiger partial charge in [-0.2, -0.15) is 0 Å². The van der Waals surface area contributed by atoms with Crippen LogP contribution in [0.1, 0.15) is 31.0 Å². The lowest BCUT2D eigenvalue weighted by molar-refractivity contribution is 0.110. The molecule has 2 rings (SSSR count). The Labute approximate surface area is 114 Å². The molecule has 0 saturated carbocycles. The number of nitrogens with two attached hydrogens (primary N) is 1. The number of hydrogen-bond donors (Lipinski definition) is 3. The highest BCUT2D eigenvalue weighted by Gasteiger charge is 2.25. The zero-order valence-electron chi connectivity index (χ0n) is 11.6. The van der Waals surface area contributed by atoms with Gasteiger partial charge in [-0.05, 0) is 44.7 Å². The van der Waals surface area contributed by atoms with Crippen LogP contribution in [0, 0.1) is 18.3 Å². The number of nitrogens with one attached hydrogen (secondary N) is 1. The Bertz CT molecular complexity index is 465. The van der Waals surface area contributed by atoms with Crippen molar-refractivity contribution in [1.29, 1.82) is 5.41 Å². The standard InChI is InChI=1S/C14H22N4O/c1-9-3-4-12(13(15)16)14(17-9)18-7-5-11(6-8-18)10(2)19/h3-4,10-11,19H,5-8H2,1-2H3,(H3,15,16). The Hall–Kier alpha value is -1.62. The minimum atomic E-state index is -0.250. The van der Waals surface area contributed by atoms with E-state index in [0.29, 0.717) is 11.5 Å². The Morgan fingerprint density at radius 3 is 2.63 bits per heavy atom. The number of hydrogen-bond acceptors (Lipinski definition) is 4. The number of pyridine rings is 1. The molecule has 1 aromatic heterocycles. The zero-order chi connectivity index (χ0) is 14.0. The van der Waals surface area contributed by atoms with E-state index < -0.39 is 0 Å². The van der Waals surface area contributed by atoms with Crippen LogP contribution < -0.4 is 10.6 Å². The van der Waals surface area contributed by atoms with Crippen LogP contribution in [0.3, 0.4) is 0 Å². The largest absolute Gasteiger partial charge is 0.393 e. The van der Waals surface area contributed by atoms with Gasteiger partial charge in [-0.3, -0.25) is 5.41 Å². The molecule has 0 spiro atoms. The first kappa shape index (κ1) is 13.8. The number of rotatable bonds is 3. The molecule has 1 atom stereocenters. The fourth-order valence-corrected chi connectivity index (χ4v) is 2.59. The van der Waals surface area contributed by atoms with Crippen molar-refractivity contribution < 1.29 is 5.11 Å². The molecular formula is C14H22N4O. The zero-order valence-corrected chi connectivity index (χ0v) is 11.6. The van der Waals surface area contributed by atoms with Crippen LogP contribution in [0.2, 0.25) is 0 Å². The number of anilines is 1. The van der Waals surface area contributed by atoms with E-state index in [-0.39, 0.29) is 11.9 Å². The van der Waals surface area contributed by atoms with Crippen molar-refractivity contribution in [2.75, 3.05) is 18.0 Å². The van der Waals surface area contributed by atoms with Gasteiger partial charge in [0.15, 0.2) is 0 Å². The molecule has 104 valence electrons. The summed E-state index contributed by atoms with van der Waals surface area (Å²) in [6.07, 6.45) is 1.65. The number of nitrogen functional groups attached to an aromatic ring is 1. The van der Waals surface area contributed by atoms with Gasteiger partial charge in [-0.15, -0.1) is 0 Å². The summed E-state index contributed by atoms with van der Waals surface area (Å²) in [7, 11) is 0. The number of amidine groups is 1. The summed E-state index contributed by atoms with van der Waals surface area (Å²) >= 11 is 0. The third-order valence-electron chi connectivity index (χ3n) is 3.83. The maximum atomic E-state index is 9.63. The van der Waals surface area contributed by atoms with Gasteiger partial charge in [0.1, 0.15) is 11.7 Å². The van der Waals surface area contributed by atoms with E-state index in [0.717, 1.165) is 37.4 Å². The monoisotopic (exact) mass is 262 g/mol. The minimum Gasteiger partial charge on any atom is -0.393 e. The van der Waals surface area contributed by atoms with Crippen LogP contribution in [-0.4, -0.2) is 35.1 Å². The number of aliphatic hydroxyl groups is 1. The van der Waals surface area contributed by atoms with Crippen LogP contribution in [0.25, 0.3) is 0 Å². The first-order valence-corrected chi connectivity index (χ1v) is 6.74. The van der Waals surface area contributed by atoms with Gasteiger partial charge < -0.3 is 15.7 Å². The molecule has 1 saturated heterocycles. The SMILES string of the molecule is Cc1ccc(C(=N)N)c(N2CCC(C(C)O)CC2)n1. The lowest BCUT2D eigenvalue weighted by Gasteiger charge is -2.35. The highest BCUT2D eigenvalue weighted by atomic mass is 16.3. The fraction of sp³-hybridized carbons (Fsp3) is 0.571. The lowest BCUT2D eigenvalue weighted by Crippen LogP contribution is -2.38. The molecule has 1 fully saturated rings. The smallest absolute Gasteiger partial charge is 0.139 e. The molecule has 0 radical (unpaired) electrons. The number of aryl methyl sites for hydroxylation is 1. The second-order valence-electron chi connectivity index (χ2n) is 5.30. The normalized spacial score (nSPS) is 18.4. The van der Waals surface area contributed by atoms with E-state index in [2.05, 4.69) is 9.88 Å². The number of aromatic nitrogens is 1. The van der Waals surface area contributed by atoms with Crippen molar-refractivity contribution >= 4 is 11.7 Å². The first-order valence-electron chi connectivity index (χ1n) is 6.74. The average Bonchev–Trinajstić information content (AvgIpc) is 2.38. The topological polar surface area (TPSA) is 86.2 Å². The molecule has 1 unspecified atom stereocenters. The van der Waals surface area contributed by atoms with E-state index in [1.165, 1.54) is 0 Å². The highest BCUT2D eigenvalue weighted by molar-refractivity contribution is 5.99. The van der Waals surface area contributed by atoms with Crippen molar-refractivity contribution in [3.05, 3.63) is 23.4 Å². The first-order chi connectivity index (χ1) is 8.99. The van der Waals surface area contributed by atoms with E-state index >= 15 is 0 Å². The van der Waals surface area contributed by atoms with Gasteiger partial charge in [0.2, 0.25) is 0 Å². The van der Waals surface area contributed by atoms with Gasteiger partial charge in [0, 0.05) is 18.8 Å². The number of piperidine rings is 1. The van der Waals surface area contributed by atoms with Crippen molar-refractivity contribution in [1.82, 2.24) is 4.98 Å². The molecule has 1 aliphatic heterocycles. The van der Waals surface area contributed by atoms with Crippen molar-refractivity contribution in [2.45, 2.75) is 32.8 Å². The van der Waals surface area contributed by atoms with E-state index in [1.807, 2.05) is 26.0 Å². The molecule has 19 heavy (non-hydrogen) atoms. The average molecular weight is 262 g/mol. The summed E-state index contributed by atoms with van der Waals surface area (Å²) in [5.41, 5.74) is 7.25. The predicted octanol–water partition coefficient (Wildman–Crippen LogP) is 1.27. The quantitative estimate of drug-likeness (QED) is 0.565. The Morgan fingerprint density at radius 1 is 1.47 bits per heavy atom. The van der Waals surface area contributed by atoms with E-state index in [9.17, 15) is 5.11 Å². The maximum Gasteiger partial charge on any atom is 0.139 e. The third-order valence-corrected chi connectivity index (χ3v) is 3.83. The molecule has 0 bridgehead atoms. The number of aliphatic hydroxyl groups excluding tert-OH is 1. The molecule has 2 heterocycles. The van der Waals surface area contributed by atoms with E-state index in [1.54, 1.807) is 0 Å². The van der Waals surface area contributed by atoms with Crippen LogP contribution in [0.4, 0.5) is 5.82 Å². The van der Waals surface area contributed by atoms with Crippen molar-refractivity contribution in [3.63, 3.8) is 0 Å². The molecule has 5 nitrogen and oxygen atoms in total. The molecular weight excluding hydrogens is 240 g/mol. The lowest BCUT2D eigenvalue weighted by atomic mass is 9.92. The Balaban J connectivity index is 2.19. The third kappa shape index (κ3) is 3.04. The Kier molecular flexibility index (Phi) is 4.04. The van der Waals surface area contributed by atoms with E-state index in [4.69, 9.17) is 11.1 Å². The molecule has 5 heteroatoms. The molecule has 4 N–H and O–H groups in total. The molecule has 1 aromatic rings. The fourth-order valence-electron chi connectivity index (χ4n) is 2.59. The summed E-state index contributed by atoms with van der Waals surface area (Å²) in [4.78, 5) is 6.70. The predicted molar refractivity (Wildman–Crippen MR) is 76.6 cm³/mol. The Morgan fingerprint density at radius 2 is 2.11 bits per heavy atom. The molecule has 0 aromatic carbocycles. The summed E-state index contributed by atoms with van der Waals surface area (Å²) in [6, 6.07) is 3.74. The molecule has 0 amide bonds. The summed E-state index contributed by atoms with van der Waals surface area (Å²) in [5, 5.41) is 17.3. The van der Waals surface area contributed by atoms with Crippen LogP contribution >= 0.6 is 0 Å². The summed E-state index contributed by atoms with van der Waals surface area (Å²) < 4.78 is 0. The van der Waals surface area contributed by atoms with Gasteiger partial charge in [-0.1, -0.05) is 0 Å². The van der Waals surface area contributed by atoms with Gasteiger partial charge in [0.05, 0.1) is 11.7 Å². The molecule has 0 aliphatic carbocycles. The summed E-state index contributed by atoms with van der Waals surface area (Å²) in [6.45, 7) is 5.50. The van der Waals surface area contributed by atoms with Crippen LogP contribution in [0.15, 0.2) is 12.1 Å². The van der Waals surface area contributed by atoms with Crippen LogP contribution in [-0.2, 0) is 0 Å². The highest BCUT2D eigenvalue weighted by Crippen LogP contribution is 2.26. The number of nitrogens with zero attached hydrogens (tertiary/aromatic N) is 2. The minimum absolute atomic E-state index is 0.0557. The van der Waals surface area contributed by atoms with Crippen LogP contribution in [0.5, 0.6) is 0 Å². The second-order valence-corrected chi connectivity index (χ2v) is 5.30.